The lowest BCUT2D eigenvalue weighted by Crippen LogP contribution is -2.42. The molecule has 718 valence electrons. The molecule has 2 aliphatic carbocycles. The molecule has 2 aliphatic rings. The molecule has 4 nitrogen and oxygen atoms in total. The zero-order valence-electron chi connectivity index (χ0n) is 87.2. The van der Waals surface area contributed by atoms with Crippen molar-refractivity contribution in [1.82, 2.24) is 0 Å². The quantitative estimate of drug-likeness (QED) is 0.0559. The molecule has 0 unspecified atom stereocenters. The van der Waals surface area contributed by atoms with Crippen molar-refractivity contribution in [3.63, 3.8) is 0 Å². The first-order chi connectivity index (χ1) is 70.4. The molecule has 0 fully saturated rings. The first-order valence-electron chi connectivity index (χ1n) is 52.2. The van der Waals surface area contributed by atoms with Crippen LogP contribution in [0.4, 0.5) is 68.2 Å². The molecule has 0 aromatic heterocycles. The van der Waals surface area contributed by atoms with E-state index in [2.05, 4.69) is 602 Å². The van der Waals surface area contributed by atoms with Gasteiger partial charge in [0.2, 0.25) is 0 Å². The van der Waals surface area contributed by atoms with Crippen molar-refractivity contribution in [3.8, 4) is 44.5 Å². The minimum Gasteiger partial charge on any atom is -0.310 e. The molecule has 0 saturated carbocycles. The molecule has 0 spiro atoms. The summed E-state index contributed by atoms with van der Waals surface area (Å²) in [5.41, 5.74) is 36.2. The average molecular weight is 1920 g/mol. The van der Waals surface area contributed by atoms with E-state index in [9.17, 15) is 0 Å². The lowest BCUT2D eigenvalue weighted by molar-refractivity contribution is 0.503. The average Bonchev–Trinajstić information content (AvgIpc) is 1.52. The van der Waals surface area contributed by atoms with Crippen LogP contribution < -0.4 is 30.0 Å². The largest absolute Gasteiger partial charge is 0.310 e. The van der Waals surface area contributed by atoms with Crippen LogP contribution in [0.25, 0.3) is 66.1 Å². The van der Waals surface area contributed by atoms with Crippen LogP contribution in [0.15, 0.2) is 473 Å². The Morgan fingerprint density at radius 1 is 0.212 bits per heavy atom. The van der Waals surface area contributed by atoms with E-state index < -0.39 is 27.0 Å². The van der Waals surface area contributed by atoms with E-state index >= 15 is 0 Å². The second kappa shape index (κ2) is 37.6. The van der Waals surface area contributed by atoms with Gasteiger partial charge in [-0.3, -0.25) is 0 Å². The van der Waals surface area contributed by atoms with Gasteiger partial charge in [-0.25, -0.2) is 0 Å². The summed E-state index contributed by atoms with van der Waals surface area (Å²) in [4.78, 5) is 10.1. The van der Waals surface area contributed by atoms with Gasteiger partial charge in [0, 0.05) is 67.6 Å². The third kappa shape index (κ3) is 17.3. The Hall–Kier alpha value is -15.4. The van der Waals surface area contributed by atoms with Gasteiger partial charge in [-0.1, -0.05) is 465 Å². The highest BCUT2D eigenvalue weighted by atomic mass is 28.3. The molecule has 6 heteroatoms. The molecule has 20 aromatic rings. The maximum Gasteiger partial charge on any atom is 0.0806 e. The van der Waals surface area contributed by atoms with Crippen LogP contribution >= 0.6 is 0 Å². The van der Waals surface area contributed by atoms with E-state index in [1.54, 1.807) is 0 Å². The van der Waals surface area contributed by atoms with E-state index in [0.29, 0.717) is 0 Å². The highest BCUT2D eigenvalue weighted by molar-refractivity contribution is 6.90. The second-order valence-corrected chi connectivity index (χ2v) is 55.8. The number of anilines is 12. The Balaban J connectivity index is 0.627. The standard InChI is InChI=1S/C140H130N4Si2/c1-135(2,3)101-59-71-110(72-60-101)142(112-79-85-119(86-80-112)145(12,13)14)118-84-90-126-128(94-118)140(107-47-31-21-32-48-107,108-49-33-22-34-50-108)130-96-132(122-52-36-38-54-124(122)134(126)130)144(115-75-63-103(64-76-115)137(7,8)9)116-81-87-120(88-82-116)146(15,16)92-91-138(10,11)104-65-77-111(78-66-104)141(109-67-55-99(56-68-109)97-39-23-17-24-40-97)117-83-89-125-127(93-117)139(105-43-27-19-28-44-105,106-45-29-20-30-46-106)129-95-131(121-51-35-37-53-123(121)133(125)129)143(114-73-61-102(62-74-114)136(4,5)6)113-69-57-100(58-70-113)98-41-25-18-26-42-98/h17-90,93-96H,91-92H2,1-16H3. The molecule has 0 aliphatic heterocycles. The third-order valence-corrected chi connectivity index (χ3v) is 37.1. The molecule has 0 atom stereocenters. The molecule has 0 radical (unpaired) electrons. The number of rotatable bonds is 24. The van der Waals surface area contributed by atoms with Gasteiger partial charge in [0.1, 0.15) is 0 Å². The van der Waals surface area contributed by atoms with Gasteiger partial charge in [0.15, 0.2) is 0 Å². The van der Waals surface area contributed by atoms with E-state index in [1.807, 2.05) is 0 Å². The van der Waals surface area contributed by atoms with Crippen LogP contribution in [0, 0.1) is 0 Å². The third-order valence-electron chi connectivity index (χ3n) is 31.7. The van der Waals surface area contributed by atoms with Crippen molar-refractivity contribution in [2.45, 2.75) is 154 Å². The fraction of sp³-hybridized carbons (Fsp3) is 0.171. The van der Waals surface area contributed by atoms with Gasteiger partial charge in [-0.2, -0.15) is 0 Å². The first kappa shape index (κ1) is 95.4. The van der Waals surface area contributed by atoms with Crippen LogP contribution in [-0.2, 0) is 32.5 Å². The predicted octanol–water partition coefficient (Wildman–Crippen LogP) is 37.7. The Kier molecular flexibility index (Phi) is 24.6. The fourth-order valence-electron chi connectivity index (χ4n) is 23.4. The van der Waals surface area contributed by atoms with Gasteiger partial charge in [-0.15, -0.1) is 0 Å². The summed E-state index contributed by atoms with van der Waals surface area (Å²) >= 11 is 0. The first-order valence-corrected chi connectivity index (χ1v) is 58.9. The van der Waals surface area contributed by atoms with Crippen LogP contribution in [-0.4, -0.2) is 16.1 Å². The maximum atomic E-state index is 2.59. The lowest BCUT2D eigenvalue weighted by Gasteiger charge is -2.36. The minimum atomic E-state index is -2.18. The monoisotopic (exact) mass is 1920 g/mol. The van der Waals surface area contributed by atoms with Crippen LogP contribution in [0.5, 0.6) is 0 Å². The molecular formula is C140H130N4Si2. The summed E-state index contributed by atoms with van der Waals surface area (Å²) in [5, 5.41) is 7.67. The Bertz CT molecular complexity index is 8010. The Labute approximate surface area is 867 Å². The summed E-state index contributed by atoms with van der Waals surface area (Å²) in [5.74, 6) is 0. The van der Waals surface area contributed by atoms with Crippen molar-refractivity contribution in [2.24, 2.45) is 0 Å². The molecular weight excluding hydrogens is 1790 g/mol. The topological polar surface area (TPSA) is 13.0 Å². The lowest BCUT2D eigenvalue weighted by atomic mass is 9.67. The summed E-state index contributed by atoms with van der Waals surface area (Å²) < 4.78 is 0. The number of benzene rings is 20. The summed E-state index contributed by atoms with van der Waals surface area (Å²) in [6, 6.07) is 182. The normalized spacial score (nSPS) is 13.2. The van der Waals surface area contributed by atoms with Crippen LogP contribution in [0.1, 0.15) is 149 Å². The molecule has 22 rings (SSSR count). The van der Waals surface area contributed by atoms with Gasteiger partial charge >= 0.3 is 0 Å². The second-order valence-electron chi connectivity index (χ2n) is 45.9. The molecule has 0 heterocycles. The van der Waals surface area contributed by atoms with Gasteiger partial charge in [0.25, 0.3) is 0 Å². The number of fused-ring (bicyclic) bond motifs is 10. The zero-order valence-corrected chi connectivity index (χ0v) is 89.2. The summed E-state index contributed by atoms with van der Waals surface area (Å²) in [6.45, 7) is 38.2. The molecule has 0 amide bonds. The fourth-order valence-corrected chi connectivity index (χ4v) is 27.1. The van der Waals surface area contributed by atoms with E-state index in [-0.39, 0.29) is 21.7 Å². The SMILES string of the molecule is CC(C)(C)c1ccc(N(c2ccc([Si](C)(C)C)cc2)c2ccc3c(c2)C(c2ccccc2)(c2ccccc2)c2cc(N(c4ccc(C(C)(C)C)cc4)c4ccc([Si](C)(C)CCC(C)(C)c5ccc(N(c6ccc(-c7ccccc7)cc6)c6ccc7c(c6)C(c6ccccc6)(c6ccccc6)c6cc(N(c8ccc(-c9ccccc9)cc8)c8ccc(C(C)(C)C)cc8)c8ccccc8c6-7)cc5)cc4)c4ccccc4c2-3)cc1. The molecule has 0 N–H and O–H groups in total. The molecule has 0 bridgehead atoms. The Morgan fingerprint density at radius 3 is 0.760 bits per heavy atom. The molecule has 0 saturated heterocycles. The zero-order chi connectivity index (χ0) is 101. The van der Waals surface area contributed by atoms with E-state index in [4.69, 9.17) is 0 Å². The number of hydrogen-bond donors (Lipinski definition) is 0. The Morgan fingerprint density at radius 2 is 0.459 bits per heavy atom. The van der Waals surface area contributed by atoms with E-state index in [0.717, 1.165) is 80.7 Å². The highest BCUT2D eigenvalue weighted by Gasteiger charge is 2.51. The smallest absolute Gasteiger partial charge is 0.0806 e. The van der Waals surface area contributed by atoms with Crippen molar-refractivity contribution >= 4 is 116 Å². The van der Waals surface area contributed by atoms with E-state index in [1.165, 1.54) is 143 Å². The summed E-state index contributed by atoms with van der Waals surface area (Å²) in [6.07, 6.45) is 1.01. The van der Waals surface area contributed by atoms with Gasteiger partial charge < -0.3 is 19.6 Å². The number of hydrogen-bond acceptors (Lipinski definition) is 4. The van der Waals surface area contributed by atoms with Gasteiger partial charge in [-0.05, 0) is 284 Å². The summed E-state index contributed by atoms with van der Waals surface area (Å²) in [7, 11) is -3.81. The van der Waals surface area contributed by atoms with Gasteiger partial charge in [0.05, 0.1) is 38.4 Å². The number of nitrogens with zero attached hydrogens (tertiary/aromatic N) is 4. The minimum absolute atomic E-state index is 0.00514. The maximum absolute atomic E-state index is 2.59. The predicted molar refractivity (Wildman–Crippen MR) is 631 cm³/mol. The molecule has 146 heavy (non-hydrogen) atoms. The van der Waals surface area contributed by atoms with Crippen molar-refractivity contribution < 1.29 is 0 Å². The van der Waals surface area contributed by atoms with Crippen molar-refractivity contribution in [2.75, 3.05) is 19.6 Å². The molecule has 20 aromatic carbocycles. The van der Waals surface area contributed by atoms with Crippen molar-refractivity contribution in [3.05, 3.63) is 540 Å². The highest BCUT2D eigenvalue weighted by Crippen LogP contribution is 2.64. The van der Waals surface area contributed by atoms with Crippen LogP contribution in [0.3, 0.4) is 0 Å². The van der Waals surface area contributed by atoms with Crippen LogP contribution in [0.2, 0.25) is 38.8 Å². The van der Waals surface area contributed by atoms with Crippen molar-refractivity contribution in [1.29, 1.82) is 0 Å².